The van der Waals surface area contributed by atoms with Gasteiger partial charge in [-0.1, -0.05) is 13.8 Å². The second-order valence-corrected chi connectivity index (χ2v) is 5.51. The SMILES string of the molecule is CC(C)C1OCCC1CNC1CCOC1C. The van der Waals surface area contributed by atoms with E-state index in [1.807, 2.05) is 0 Å². The van der Waals surface area contributed by atoms with E-state index in [0.29, 0.717) is 30.1 Å². The summed E-state index contributed by atoms with van der Waals surface area (Å²) in [6, 6.07) is 0.549. The van der Waals surface area contributed by atoms with Crippen LogP contribution in [0.2, 0.25) is 0 Å². The first-order chi connectivity index (χ1) is 7.68. The average Bonchev–Trinajstić information content (AvgIpc) is 2.83. The van der Waals surface area contributed by atoms with Crippen LogP contribution in [0.1, 0.15) is 33.6 Å². The fourth-order valence-corrected chi connectivity index (χ4v) is 2.91. The number of nitrogens with one attached hydrogen (secondary N) is 1. The lowest BCUT2D eigenvalue weighted by molar-refractivity contribution is 0.0521. The van der Waals surface area contributed by atoms with Gasteiger partial charge in [0.05, 0.1) is 12.2 Å². The van der Waals surface area contributed by atoms with Crippen molar-refractivity contribution >= 4 is 0 Å². The zero-order chi connectivity index (χ0) is 11.5. The van der Waals surface area contributed by atoms with E-state index < -0.39 is 0 Å². The molecule has 0 aromatic rings. The molecule has 0 amide bonds. The van der Waals surface area contributed by atoms with E-state index in [4.69, 9.17) is 9.47 Å². The summed E-state index contributed by atoms with van der Waals surface area (Å²) < 4.78 is 11.4. The Kier molecular flexibility index (Phi) is 4.22. The molecule has 4 atom stereocenters. The first-order valence-corrected chi connectivity index (χ1v) is 6.65. The minimum Gasteiger partial charge on any atom is -0.378 e. The Labute approximate surface area is 98.9 Å². The van der Waals surface area contributed by atoms with Crippen LogP contribution in [0.15, 0.2) is 0 Å². The van der Waals surface area contributed by atoms with Gasteiger partial charge in [0.2, 0.25) is 0 Å². The molecule has 0 aromatic heterocycles. The van der Waals surface area contributed by atoms with Crippen LogP contribution in [0.3, 0.4) is 0 Å². The number of hydrogen-bond acceptors (Lipinski definition) is 3. The maximum atomic E-state index is 5.80. The van der Waals surface area contributed by atoms with E-state index in [1.54, 1.807) is 0 Å². The smallest absolute Gasteiger partial charge is 0.0700 e. The summed E-state index contributed by atoms with van der Waals surface area (Å²) in [5.41, 5.74) is 0. The van der Waals surface area contributed by atoms with Crippen LogP contribution >= 0.6 is 0 Å². The topological polar surface area (TPSA) is 30.5 Å². The molecule has 4 unspecified atom stereocenters. The third kappa shape index (κ3) is 2.76. The van der Waals surface area contributed by atoms with Gasteiger partial charge in [0, 0.05) is 25.8 Å². The van der Waals surface area contributed by atoms with Crippen molar-refractivity contribution in [1.82, 2.24) is 5.32 Å². The van der Waals surface area contributed by atoms with Gasteiger partial charge in [0.25, 0.3) is 0 Å². The van der Waals surface area contributed by atoms with Gasteiger partial charge in [-0.3, -0.25) is 0 Å². The molecule has 0 aliphatic carbocycles. The van der Waals surface area contributed by atoms with Crippen LogP contribution in [-0.4, -0.2) is 38.0 Å². The largest absolute Gasteiger partial charge is 0.378 e. The first-order valence-electron chi connectivity index (χ1n) is 6.65. The van der Waals surface area contributed by atoms with E-state index in [2.05, 4.69) is 26.1 Å². The van der Waals surface area contributed by atoms with Gasteiger partial charge in [0.1, 0.15) is 0 Å². The third-order valence-electron chi connectivity index (χ3n) is 3.94. The first kappa shape index (κ1) is 12.3. The molecule has 2 rings (SSSR count). The molecule has 2 fully saturated rings. The predicted molar refractivity (Wildman–Crippen MR) is 64.5 cm³/mol. The molecular formula is C13H25NO2. The molecule has 3 heteroatoms. The fraction of sp³-hybridized carbons (Fsp3) is 1.00. The van der Waals surface area contributed by atoms with Crippen LogP contribution in [0.4, 0.5) is 0 Å². The Bertz CT molecular complexity index is 220. The molecule has 2 saturated heterocycles. The second-order valence-electron chi connectivity index (χ2n) is 5.51. The zero-order valence-corrected chi connectivity index (χ0v) is 10.7. The Balaban J connectivity index is 1.76. The standard InChI is InChI=1S/C13H25NO2/c1-9(2)13-11(4-6-16-13)8-14-12-5-7-15-10(12)3/h9-14H,4-8H2,1-3H3. The Morgan fingerprint density at radius 1 is 1.19 bits per heavy atom. The van der Waals surface area contributed by atoms with Crippen molar-refractivity contribution in [2.45, 2.75) is 51.9 Å². The Morgan fingerprint density at radius 3 is 2.56 bits per heavy atom. The summed E-state index contributed by atoms with van der Waals surface area (Å²) in [6.45, 7) is 9.60. The second kappa shape index (κ2) is 5.48. The van der Waals surface area contributed by atoms with Crippen molar-refractivity contribution in [1.29, 1.82) is 0 Å². The lowest BCUT2D eigenvalue weighted by Crippen LogP contribution is -2.40. The zero-order valence-electron chi connectivity index (χ0n) is 10.7. The lowest BCUT2D eigenvalue weighted by atomic mass is 9.92. The molecule has 0 radical (unpaired) electrons. The predicted octanol–water partition coefficient (Wildman–Crippen LogP) is 1.81. The fourth-order valence-electron chi connectivity index (χ4n) is 2.91. The summed E-state index contributed by atoms with van der Waals surface area (Å²) in [6.07, 6.45) is 3.18. The van der Waals surface area contributed by atoms with E-state index in [1.165, 1.54) is 6.42 Å². The van der Waals surface area contributed by atoms with Crippen LogP contribution in [0, 0.1) is 11.8 Å². The van der Waals surface area contributed by atoms with Crippen LogP contribution in [0.5, 0.6) is 0 Å². The minimum absolute atomic E-state index is 0.375. The van der Waals surface area contributed by atoms with Gasteiger partial charge in [-0.25, -0.2) is 0 Å². The van der Waals surface area contributed by atoms with Crippen molar-refractivity contribution in [3.63, 3.8) is 0 Å². The minimum atomic E-state index is 0.375. The summed E-state index contributed by atoms with van der Waals surface area (Å²) in [5, 5.41) is 3.65. The molecule has 2 aliphatic heterocycles. The highest BCUT2D eigenvalue weighted by atomic mass is 16.5. The number of ether oxygens (including phenoxy) is 2. The third-order valence-corrected chi connectivity index (χ3v) is 3.94. The molecular weight excluding hydrogens is 202 g/mol. The summed E-state index contributed by atoms with van der Waals surface area (Å²) in [4.78, 5) is 0. The molecule has 0 aromatic carbocycles. The molecule has 94 valence electrons. The molecule has 16 heavy (non-hydrogen) atoms. The number of rotatable bonds is 4. The maximum absolute atomic E-state index is 5.80. The highest BCUT2D eigenvalue weighted by molar-refractivity contribution is 4.84. The summed E-state index contributed by atoms with van der Waals surface area (Å²) in [7, 11) is 0. The van der Waals surface area contributed by atoms with E-state index in [9.17, 15) is 0 Å². The summed E-state index contributed by atoms with van der Waals surface area (Å²) in [5.74, 6) is 1.32. The van der Waals surface area contributed by atoms with Crippen molar-refractivity contribution in [2.24, 2.45) is 11.8 Å². The van der Waals surface area contributed by atoms with Crippen molar-refractivity contribution in [3.8, 4) is 0 Å². The highest BCUT2D eigenvalue weighted by Crippen LogP contribution is 2.26. The highest BCUT2D eigenvalue weighted by Gasteiger charge is 2.32. The van der Waals surface area contributed by atoms with Gasteiger partial charge in [0.15, 0.2) is 0 Å². The quantitative estimate of drug-likeness (QED) is 0.794. The van der Waals surface area contributed by atoms with Crippen LogP contribution in [-0.2, 0) is 9.47 Å². The summed E-state index contributed by atoms with van der Waals surface area (Å²) >= 11 is 0. The molecule has 0 saturated carbocycles. The molecule has 0 spiro atoms. The molecule has 1 N–H and O–H groups in total. The van der Waals surface area contributed by atoms with Gasteiger partial charge >= 0.3 is 0 Å². The van der Waals surface area contributed by atoms with E-state index in [-0.39, 0.29) is 0 Å². The van der Waals surface area contributed by atoms with E-state index in [0.717, 1.165) is 26.2 Å². The van der Waals surface area contributed by atoms with E-state index >= 15 is 0 Å². The normalized spacial score (nSPS) is 39.8. The van der Waals surface area contributed by atoms with Crippen molar-refractivity contribution in [2.75, 3.05) is 19.8 Å². The molecule has 3 nitrogen and oxygen atoms in total. The van der Waals surface area contributed by atoms with Gasteiger partial charge in [-0.05, 0) is 31.6 Å². The Morgan fingerprint density at radius 2 is 1.94 bits per heavy atom. The molecule has 2 heterocycles. The lowest BCUT2D eigenvalue weighted by Gasteiger charge is -2.24. The average molecular weight is 227 g/mol. The Hall–Kier alpha value is -0.120. The van der Waals surface area contributed by atoms with Crippen LogP contribution < -0.4 is 5.32 Å². The molecule has 0 bridgehead atoms. The number of hydrogen-bond donors (Lipinski definition) is 1. The maximum Gasteiger partial charge on any atom is 0.0700 e. The molecule has 2 aliphatic rings. The van der Waals surface area contributed by atoms with Gasteiger partial charge in [-0.15, -0.1) is 0 Å². The monoisotopic (exact) mass is 227 g/mol. The van der Waals surface area contributed by atoms with Crippen molar-refractivity contribution < 1.29 is 9.47 Å². The van der Waals surface area contributed by atoms with Gasteiger partial charge < -0.3 is 14.8 Å². The van der Waals surface area contributed by atoms with Gasteiger partial charge in [-0.2, -0.15) is 0 Å². The van der Waals surface area contributed by atoms with Crippen LogP contribution in [0.25, 0.3) is 0 Å². The van der Waals surface area contributed by atoms with Crippen molar-refractivity contribution in [3.05, 3.63) is 0 Å².